The van der Waals surface area contributed by atoms with E-state index in [1.54, 1.807) is 4.90 Å². The van der Waals surface area contributed by atoms with Crippen LogP contribution in [0.25, 0.3) is 0 Å². The zero-order valence-electron chi connectivity index (χ0n) is 14.5. The third-order valence-electron chi connectivity index (χ3n) is 5.05. The topological polar surface area (TPSA) is 61.4 Å². The number of nitrogens with one attached hydrogen (secondary N) is 2. The van der Waals surface area contributed by atoms with Gasteiger partial charge in [-0.05, 0) is 69.0 Å². The smallest absolute Gasteiger partial charge is 0.264 e. The van der Waals surface area contributed by atoms with E-state index in [1.807, 2.05) is 17.5 Å². The number of amides is 2. The molecule has 2 N–H and O–H groups in total. The number of thiophene rings is 1. The van der Waals surface area contributed by atoms with E-state index in [2.05, 4.69) is 10.6 Å². The summed E-state index contributed by atoms with van der Waals surface area (Å²) < 4.78 is 0. The average Bonchev–Trinajstić information content (AvgIpc) is 3.16. The van der Waals surface area contributed by atoms with Crippen LogP contribution in [0.15, 0.2) is 17.5 Å². The molecule has 25 heavy (non-hydrogen) atoms. The zero-order valence-corrected chi connectivity index (χ0v) is 16.2. The van der Waals surface area contributed by atoms with Crippen LogP contribution in [-0.4, -0.2) is 48.9 Å². The number of likely N-dealkylation sites (tertiary alicyclic amines) is 1. The lowest BCUT2D eigenvalue weighted by Crippen LogP contribution is -2.52. The largest absolute Gasteiger partial charge is 0.354 e. The van der Waals surface area contributed by atoms with Crippen LogP contribution in [0.1, 0.15) is 48.2 Å². The molecule has 0 spiro atoms. The first kappa shape index (κ1) is 20.2. The van der Waals surface area contributed by atoms with Gasteiger partial charge < -0.3 is 15.5 Å². The maximum atomic E-state index is 12.6. The first-order chi connectivity index (χ1) is 11.8. The van der Waals surface area contributed by atoms with Gasteiger partial charge in [0, 0.05) is 13.1 Å². The van der Waals surface area contributed by atoms with Gasteiger partial charge >= 0.3 is 0 Å². The van der Waals surface area contributed by atoms with Gasteiger partial charge in [0.15, 0.2) is 0 Å². The van der Waals surface area contributed by atoms with Gasteiger partial charge in [-0.2, -0.15) is 0 Å². The van der Waals surface area contributed by atoms with Crippen molar-refractivity contribution in [2.75, 3.05) is 26.2 Å². The fourth-order valence-corrected chi connectivity index (χ4v) is 4.36. The number of piperidine rings is 2. The normalized spacial score (nSPS) is 23.6. The molecule has 0 saturated carbocycles. The highest BCUT2D eigenvalue weighted by atomic mass is 35.5. The van der Waals surface area contributed by atoms with Gasteiger partial charge in [0.1, 0.15) is 6.04 Å². The Labute approximate surface area is 160 Å². The van der Waals surface area contributed by atoms with Crippen LogP contribution in [0.2, 0.25) is 0 Å². The lowest BCUT2D eigenvalue weighted by Gasteiger charge is -2.34. The highest BCUT2D eigenvalue weighted by molar-refractivity contribution is 7.12. The van der Waals surface area contributed by atoms with Crippen LogP contribution >= 0.6 is 23.7 Å². The summed E-state index contributed by atoms with van der Waals surface area (Å²) in [5, 5.41) is 8.39. The molecule has 5 nitrogen and oxygen atoms in total. The quantitative estimate of drug-likeness (QED) is 0.819. The molecule has 3 heterocycles. The molecule has 3 rings (SSSR count). The lowest BCUT2D eigenvalue weighted by molar-refractivity contribution is -0.126. The summed E-state index contributed by atoms with van der Waals surface area (Å²) >= 11 is 1.45. The second kappa shape index (κ2) is 10.1. The first-order valence-electron chi connectivity index (χ1n) is 9.08. The number of hydrogen-bond acceptors (Lipinski definition) is 4. The molecule has 2 saturated heterocycles. The molecule has 0 aliphatic carbocycles. The van der Waals surface area contributed by atoms with E-state index in [-0.39, 0.29) is 30.3 Å². The molecule has 0 radical (unpaired) electrons. The molecule has 1 aromatic rings. The van der Waals surface area contributed by atoms with Crippen LogP contribution < -0.4 is 10.6 Å². The molecular weight excluding hydrogens is 358 g/mol. The van der Waals surface area contributed by atoms with Crippen molar-refractivity contribution in [1.82, 2.24) is 15.5 Å². The summed E-state index contributed by atoms with van der Waals surface area (Å²) in [6, 6.07) is 3.42. The Morgan fingerprint density at radius 3 is 2.88 bits per heavy atom. The summed E-state index contributed by atoms with van der Waals surface area (Å²) in [7, 11) is 0. The zero-order chi connectivity index (χ0) is 16.8. The number of hydrogen-bond donors (Lipinski definition) is 2. The molecule has 2 aliphatic heterocycles. The van der Waals surface area contributed by atoms with Gasteiger partial charge in [0.05, 0.1) is 4.88 Å². The summed E-state index contributed by atoms with van der Waals surface area (Å²) in [5.41, 5.74) is 0. The molecule has 140 valence electrons. The summed E-state index contributed by atoms with van der Waals surface area (Å²) in [6.07, 6.45) is 6.26. The molecule has 2 fully saturated rings. The van der Waals surface area contributed by atoms with E-state index in [9.17, 15) is 9.59 Å². The van der Waals surface area contributed by atoms with Gasteiger partial charge in [-0.15, -0.1) is 23.7 Å². The van der Waals surface area contributed by atoms with Gasteiger partial charge in [0.2, 0.25) is 5.91 Å². The third kappa shape index (κ3) is 5.43. The molecule has 0 bridgehead atoms. The Kier molecular flexibility index (Phi) is 8.19. The van der Waals surface area contributed by atoms with Crippen LogP contribution in [0.3, 0.4) is 0 Å². The minimum atomic E-state index is -0.308. The van der Waals surface area contributed by atoms with Crippen LogP contribution in [0.5, 0.6) is 0 Å². The minimum Gasteiger partial charge on any atom is -0.354 e. The van der Waals surface area contributed by atoms with Crippen molar-refractivity contribution < 1.29 is 9.59 Å². The predicted molar refractivity (Wildman–Crippen MR) is 103 cm³/mol. The lowest BCUT2D eigenvalue weighted by atomic mass is 9.96. The average molecular weight is 386 g/mol. The Morgan fingerprint density at radius 1 is 1.28 bits per heavy atom. The fraction of sp³-hybridized carbons (Fsp3) is 0.667. The molecule has 2 atom stereocenters. The van der Waals surface area contributed by atoms with Crippen molar-refractivity contribution in [2.24, 2.45) is 5.92 Å². The van der Waals surface area contributed by atoms with Crippen LogP contribution in [0, 0.1) is 5.92 Å². The fourth-order valence-electron chi connectivity index (χ4n) is 3.68. The third-order valence-corrected chi connectivity index (χ3v) is 5.91. The van der Waals surface area contributed by atoms with E-state index >= 15 is 0 Å². The number of halogens is 1. The second-order valence-corrected chi connectivity index (χ2v) is 7.73. The SMILES string of the molecule is Cl.O=C(NCCC1CCCNC1)C1CCCCN1C(=O)c1cccs1. The van der Waals surface area contributed by atoms with Gasteiger partial charge in [0.25, 0.3) is 5.91 Å². The molecule has 0 aromatic carbocycles. The number of carbonyl (C=O) groups is 2. The van der Waals surface area contributed by atoms with Crippen molar-refractivity contribution in [3.63, 3.8) is 0 Å². The predicted octanol–water partition coefficient (Wildman–Crippen LogP) is 2.67. The molecular formula is C18H28ClN3O2S. The molecule has 2 amide bonds. The summed E-state index contributed by atoms with van der Waals surface area (Å²) in [6.45, 7) is 3.57. The van der Waals surface area contributed by atoms with Crippen LogP contribution in [0.4, 0.5) is 0 Å². The maximum Gasteiger partial charge on any atom is 0.264 e. The number of rotatable bonds is 5. The summed E-state index contributed by atoms with van der Waals surface area (Å²) in [4.78, 5) is 27.7. The van der Waals surface area contributed by atoms with Crippen molar-refractivity contribution in [1.29, 1.82) is 0 Å². The highest BCUT2D eigenvalue weighted by Gasteiger charge is 2.32. The van der Waals surface area contributed by atoms with E-state index in [0.717, 1.165) is 43.6 Å². The molecule has 7 heteroatoms. The van der Waals surface area contributed by atoms with Crippen LogP contribution in [-0.2, 0) is 4.79 Å². The number of carbonyl (C=O) groups excluding carboxylic acids is 2. The Morgan fingerprint density at radius 2 is 2.16 bits per heavy atom. The maximum absolute atomic E-state index is 12.6. The van der Waals surface area contributed by atoms with E-state index in [0.29, 0.717) is 19.0 Å². The van der Waals surface area contributed by atoms with Gasteiger partial charge in [-0.1, -0.05) is 6.07 Å². The van der Waals surface area contributed by atoms with E-state index in [1.165, 1.54) is 24.2 Å². The van der Waals surface area contributed by atoms with Gasteiger partial charge in [-0.3, -0.25) is 9.59 Å². The monoisotopic (exact) mass is 385 g/mol. The van der Waals surface area contributed by atoms with E-state index < -0.39 is 0 Å². The molecule has 2 aliphatic rings. The molecule has 2 unspecified atom stereocenters. The minimum absolute atomic E-state index is 0. The number of nitrogens with zero attached hydrogens (tertiary/aromatic N) is 1. The second-order valence-electron chi connectivity index (χ2n) is 6.78. The molecule has 1 aromatic heterocycles. The Balaban J connectivity index is 0.00000225. The van der Waals surface area contributed by atoms with Crippen molar-refractivity contribution in [3.8, 4) is 0 Å². The van der Waals surface area contributed by atoms with Crippen molar-refractivity contribution in [2.45, 2.75) is 44.6 Å². The van der Waals surface area contributed by atoms with Crippen molar-refractivity contribution in [3.05, 3.63) is 22.4 Å². The Bertz CT molecular complexity index is 547. The summed E-state index contributed by atoms with van der Waals surface area (Å²) in [5.74, 6) is 0.680. The Hall–Kier alpha value is -1.11. The highest BCUT2D eigenvalue weighted by Crippen LogP contribution is 2.22. The first-order valence-corrected chi connectivity index (χ1v) is 9.96. The standard InChI is InChI=1S/C18H27N3O2S.ClH/c22-17(20-10-8-14-5-3-9-19-13-14)15-6-1-2-11-21(15)18(23)16-7-4-12-24-16;/h4,7,12,14-15,19H,1-3,5-6,8-11,13H2,(H,20,22);1H. The van der Waals surface area contributed by atoms with E-state index in [4.69, 9.17) is 0 Å². The van der Waals surface area contributed by atoms with Crippen molar-refractivity contribution >= 4 is 35.6 Å². The van der Waals surface area contributed by atoms with Gasteiger partial charge in [-0.25, -0.2) is 0 Å².